The summed E-state index contributed by atoms with van der Waals surface area (Å²) in [5.74, 6) is -0.355. The maximum Gasteiger partial charge on any atom is 0.407 e. The van der Waals surface area contributed by atoms with E-state index in [2.05, 4.69) is 51.4 Å². The second kappa shape index (κ2) is 15.1. The average molecular weight is 641 g/mol. The predicted molar refractivity (Wildman–Crippen MR) is 182 cm³/mol. The van der Waals surface area contributed by atoms with Crippen LogP contribution < -0.4 is 10.6 Å². The lowest BCUT2D eigenvalue weighted by atomic mass is 9.88. The Kier molecular flexibility index (Phi) is 12.3. The molecule has 9 heteroatoms. The molecule has 2 amide bonds. The van der Waals surface area contributed by atoms with E-state index in [-0.39, 0.29) is 28.7 Å². The van der Waals surface area contributed by atoms with E-state index in [9.17, 15) is 19.8 Å². The number of nitrogens with one attached hydrogen (secondary N) is 2. The third-order valence-corrected chi connectivity index (χ3v) is 13.8. The van der Waals surface area contributed by atoms with Crippen molar-refractivity contribution in [2.24, 2.45) is 11.8 Å². The Hall–Kier alpha value is -2.88. The van der Waals surface area contributed by atoms with Gasteiger partial charge >= 0.3 is 6.09 Å². The van der Waals surface area contributed by atoms with Gasteiger partial charge in [0.15, 0.2) is 8.32 Å². The van der Waals surface area contributed by atoms with Crippen LogP contribution in [0.4, 0.5) is 4.79 Å². The van der Waals surface area contributed by atoms with Crippen molar-refractivity contribution in [1.82, 2.24) is 10.6 Å². The number of phenolic OH excluding ortho intramolecular Hbond substituents is 1. The molecule has 2 aromatic carbocycles. The van der Waals surface area contributed by atoms with Crippen LogP contribution in [0.25, 0.3) is 0 Å². The fraction of sp³-hybridized carbons (Fsp3) is 0.611. The Labute approximate surface area is 271 Å². The number of hydrogen-bond acceptors (Lipinski definition) is 6. The van der Waals surface area contributed by atoms with Crippen LogP contribution >= 0.6 is 0 Å². The molecule has 1 aliphatic carbocycles. The van der Waals surface area contributed by atoms with E-state index in [1.165, 1.54) is 0 Å². The molecule has 250 valence electrons. The molecule has 0 saturated heterocycles. The Morgan fingerprint density at radius 1 is 0.933 bits per heavy atom. The topological polar surface area (TPSA) is 117 Å². The van der Waals surface area contributed by atoms with Gasteiger partial charge in [0.05, 0.1) is 24.3 Å². The number of benzene rings is 2. The number of carbonyl (C=O) groups excluding carboxylic acids is 2. The zero-order valence-corrected chi connectivity index (χ0v) is 29.7. The minimum Gasteiger partial charge on any atom is -0.508 e. The molecule has 2 aromatic rings. The molecule has 45 heavy (non-hydrogen) atoms. The molecular formula is C36H56N2O6Si. The normalized spacial score (nSPS) is 21.1. The van der Waals surface area contributed by atoms with Gasteiger partial charge in [-0.05, 0) is 100 Å². The molecule has 0 spiro atoms. The monoisotopic (exact) mass is 640 g/mol. The zero-order chi connectivity index (χ0) is 33.6. The van der Waals surface area contributed by atoms with Crippen LogP contribution in [0.5, 0.6) is 5.75 Å². The van der Waals surface area contributed by atoms with Gasteiger partial charge in [0.2, 0.25) is 5.91 Å². The Balaban J connectivity index is 2.04. The van der Waals surface area contributed by atoms with E-state index in [0.29, 0.717) is 25.7 Å². The molecule has 1 fully saturated rings. The van der Waals surface area contributed by atoms with Crippen molar-refractivity contribution in [2.75, 3.05) is 0 Å². The smallest absolute Gasteiger partial charge is 0.407 e. The van der Waals surface area contributed by atoms with Crippen molar-refractivity contribution in [1.29, 1.82) is 0 Å². The number of hydrogen-bond donors (Lipinski definition) is 4. The highest BCUT2D eigenvalue weighted by Gasteiger charge is 2.43. The summed E-state index contributed by atoms with van der Waals surface area (Å²) in [7, 11) is -2.40. The maximum absolute atomic E-state index is 14.1. The van der Waals surface area contributed by atoms with Crippen LogP contribution in [0.3, 0.4) is 0 Å². The van der Waals surface area contributed by atoms with E-state index in [1.807, 2.05) is 63.2 Å². The summed E-state index contributed by atoms with van der Waals surface area (Å²) in [5.41, 5.74) is 1.25. The molecule has 8 nitrogen and oxygen atoms in total. The number of amides is 2. The molecule has 0 heterocycles. The fourth-order valence-electron chi connectivity index (χ4n) is 5.62. The van der Waals surface area contributed by atoms with Gasteiger partial charge in [-0.1, -0.05) is 70.2 Å². The van der Waals surface area contributed by atoms with Crippen LogP contribution in [0.1, 0.15) is 78.9 Å². The number of ether oxygens (including phenoxy) is 1. The van der Waals surface area contributed by atoms with Gasteiger partial charge in [0.1, 0.15) is 11.4 Å². The van der Waals surface area contributed by atoms with Gasteiger partial charge in [-0.3, -0.25) is 4.79 Å². The minimum atomic E-state index is -2.40. The van der Waals surface area contributed by atoms with Crippen molar-refractivity contribution in [3.05, 3.63) is 65.7 Å². The molecule has 1 saturated carbocycles. The van der Waals surface area contributed by atoms with Gasteiger partial charge in [0.25, 0.3) is 0 Å². The number of rotatable bonds is 12. The molecule has 3 rings (SSSR count). The molecule has 0 radical (unpaired) electrons. The standard InChI is InChI=1S/C36H56N2O6Si/c1-24-15-20-30(40)32(24)38-33(41)27(21-26-16-18-28(39)19-17-26)23-31(44-45(8,9)36(5,6)7)29(22-25-13-11-10-12-14-25)37-34(42)43-35(2,3)4/h10-14,16-19,24,27,29-32,39-40H,15,20-23H2,1-9H3,(H,37,42)(H,38,41)/t24?,27-,29+,30?,31+,32?/m1/s1. The van der Waals surface area contributed by atoms with Gasteiger partial charge in [-0.2, -0.15) is 0 Å². The molecule has 4 N–H and O–H groups in total. The molecule has 6 atom stereocenters. The van der Waals surface area contributed by atoms with Gasteiger partial charge < -0.3 is 30.0 Å². The highest BCUT2D eigenvalue weighted by Crippen LogP contribution is 2.39. The maximum atomic E-state index is 14.1. The van der Waals surface area contributed by atoms with Crippen molar-refractivity contribution in [3.63, 3.8) is 0 Å². The lowest BCUT2D eigenvalue weighted by Crippen LogP contribution is -2.55. The highest BCUT2D eigenvalue weighted by molar-refractivity contribution is 6.74. The first-order valence-corrected chi connectivity index (χ1v) is 19.2. The van der Waals surface area contributed by atoms with E-state index in [1.54, 1.807) is 12.1 Å². The summed E-state index contributed by atoms with van der Waals surface area (Å²) in [6.45, 7) is 18.4. The fourth-order valence-corrected chi connectivity index (χ4v) is 7.00. The quantitative estimate of drug-likeness (QED) is 0.191. The van der Waals surface area contributed by atoms with Crippen molar-refractivity contribution in [2.45, 2.75) is 129 Å². The van der Waals surface area contributed by atoms with Crippen molar-refractivity contribution >= 4 is 20.3 Å². The number of carbonyl (C=O) groups is 2. The first kappa shape index (κ1) is 36.6. The van der Waals surface area contributed by atoms with Crippen molar-refractivity contribution < 1.29 is 29.0 Å². The second-order valence-electron chi connectivity index (χ2n) is 15.3. The van der Waals surface area contributed by atoms with Crippen LogP contribution in [0.2, 0.25) is 18.1 Å². The zero-order valence-electron chi connectivity index (χ0n) is 28.7. The summed E-state index contributed by atoms with van der Waals surface area (Å²) in [5, 5.41) is 26.7. The number of aliphatic hydroxyl groups is 1. The highest BCUT2D eigenvalue weighted by atomic mass is 28.4. The summed E-state index contributed by atoms with van der Waals surface area (Å²) < 4.78 is 12.8. The Morgan fingerprint density at radius 3 is 2.07 bits per heavy atom. The molecule has 0 aliphatic heterocycles. The van der Waals surface area contributed by atoms with Crippen LogP contribution in [0, 0.1) is 11.8 Å². The number of alkyl carbamates (subject to hydrolysis) is 1. The predicted octanol–water partition coefficient (Wildman–Crippen LogP) is 6.74. The minimum absolute atomic E-state index is 0.118. The molecule has 3 unspecified atom stereocenters. The van der Waals surface area contributed by atoms with Gasteiger partial charge in [0, 0.05) is 5.92 Å². The molecule has 1 aliphatic rings. The molecular weight excluding hydrogens is 584 g/mol. The summed E-state index contributed by atoms with van der Waals surface area (Å²) in [6, 6.07) is 16.0. The molecule has 0 bridgehead atoms. The number of aromatic hydroxyl groups is 1. The van der Waals surface area contributed by atoms with Crippen LogP contribution in [-0.2, 0) is 26.8 Å². The Bertz CT molecular complexity index is 1230. The van der Waals surface area contributed by atoms with E-state index < -0.39 is 44.2 Å². The number of aliphatic hydroxyl groups excluding tert-OH is 1. The second-order valence-corrected chi connectivity index (χ2v) is 20.1. The summed E-state index contributed by atoms with van der Waals surface area (Å²) >= 11 is 0. The third-order valence-electron chi connectivity index (χ3n) is 9.26. The lowest BCUT2D eigenvalue weighted by molar-refractivity contribution is -0.127. The average Bonchev–Trinajstić information content (AvgIpc) is 3.24. The number of phenols is 1. The van der Waals surface area contributed by atoms with E-state index >= 15 is 0 Å². The first-order valence-electron chi connectivity index (χ1n) is 16.3. The Morgan fingerprint density at radius 2 is 1.53 bits per heavy atom. The van der Waals surface area contributed by atoms with Crippen molar-refractivity contribution in [3.8, 4) is 5.75 Å². The molecule has 0 aromatic heterocycles. The van der Waals surface area contributed by atoms with Gasteiger partial charge in [-0.25, -0.2) is 4.79 Å². The lowest BCUT2D eigenvalue weighted by Gasteiger charge is -2.42. The largest absolute Gasteiger partial charge is 0.508 e. The van der Waals surface area contributed by atoms with E-state index in [4.69, 9.17) is 9.16 Å². The third kappa shape index (κ3) is 11.1. The van der Waals surface area contributed by atoms with Gasteiger partial charge in [-0.15, -0.1) is 0 Å². The van der Waals surface area contributed by atoms with Crippen LogP contribution in [0.15, 0.2) is 54.6 Å². The van der Waals surface area contributed by atoms with E-state index in [0.717, 1.165) is 17.5 Å². The summed E-state index contributed by atoms with van der Waals surface area (Å²) in [6.07, 6.45) is 1.11. The first-order chi connectivity index (χ1) is 20.8. The van der Waals surface area contributed by atoms with Crippen LogP contribution in [-0.4, -0.2) is 60.4 Å². The summed E-state index contributed by atoms with van der Waals surface area (Å²) in [4.78, 5) is 27.4. The SMILES string of the molecule is CC1CCC(O)C1NC(=O)[C@H](Cc1ccc(O)cc1)C[C@H](O[Si](C)(C)C(C)(C)C)[C@H](Cc1ccccc1)NC(=O)OC(C)(C)C.